The van der Waals surface area contributed by atoms with Crippen molar-refractivity contribution in [2.75, 3.05) is 26.2 Å². The van der Waals surface area contributed by atoms with Crippen LogP contribution in [0, 0.1) is 5.41 Å². The molecule has 1 aromatic heterocycles. The minimum Gasteiger partial charge on any atom is -0.394 e. The predicted octanol–water partition coefficient (Wildman–Crippen LogP) is 0.702. The van der Waals surface area contributed by atoms with Crippen molar-refractivity contribution in [1.29, 1.82) is 0 Å². The van der Waals surface area contributed by atoms with Gasteiger partial charge in [-0.05, 0) is 31.6 Å². The molecule has 2 aliphatic heterocycles. The molecule has 1 spiro atoms. The Labute approximate surface area is 141 Å². The molecule has 0 saturated carbocycles. The van der Waals surface area contributed by atoms with Crippen LogP contribution in [0.1, 0.15) is 43.5 Å². The van der Waals surface area contributed by atoms with E-state index in [1.807, 2.05) is 11.8 Å². The highest BCUT2D eigenvalue weighted by atomic mass is 16.3. The molecule has 7 nitrogen and oxygen atoms in total. The normalized spacial score (nSPS) is 26.0. The molecule has 2 saturated heterocycles. The molecule has 24 heavy (non-hydrogen) atoms. The number of nitrogens with zero attached hydrogens (tertiary/aromatic N) is 4. The third kappa shape index (κ3) is 2.88. The van der Waals surface area contributed by atoms with Gasteiger partial charge in [0.15, 0.2) is 0 Å². The SMILES string of the molecule is CC(=O)N1CC2(CCN(C(=O)c3cncnc3)CC2)CC1(C)CO. The zero-order valence-electron chi connectivity index (χ0n) is 14.2. The molecule has 0 aromatic carbocycles. The Morgan fingerprint density at radius 2 is 1.88 bits per heavy atom. The zero-order chi connectivity index (χ0) is 17.4. The molecule has 0 radical (unpaired) electrons. The second-order valence-corrected chi connectivity index (χ2v) is 7.36. The van der Waals surface area contributed by atoms with Crippen LogP contribution in [0.4, 0.5) is 0 Å². The average molecular weight is 332 g/mol. The minimum atomic E-state index is -0.495. The number of aliphatic hydroxyl groups is 1. The highest BCUT2D eigenvalue weighted by Gasteiger charge is 2.52. The molecule has 3 rings (SSSR count). The van der Waals surface area contributed by atoms with Crippen molar-refractivity contribution in [3.05, 3.63) is 24.3 Å². The summed E-state index contributed by atoms with van der Waals surface area (Å²) in [5.41, 5.74) is 0.00344. The monoisotopic (exact) mass is 332 g/mol. The molecule has 1 N–H and O–H groups in total. The Kier molecular flexibility index (Phi) is 4.29. The predicted molar refractivity (Wildman–Crippen MR) is 87.1 cm³/mol. The number of piperidine rings is 1. The second kappa shape index (κ2) is 6.12. The zero-order valence-corrected chi connectivity index (χ0v) is 14.2. The van der Waals surface area contributed by atoms with Gasteiger partial charge in [-0.2, -0.15) is 0 Å². The molecule has 2 amide bonds. The van der Waals surface area contributed by atoms with Crippen LogP contribution < -0.4 is 0 Å². The van der Waals surface area contributed by atoms with E-state index in [2.05, 4.69) is 9.97 Å². The van der Waals surface area contributed by atoms with Crippen LogP contribution in [0.25, 0.3) is 0 Å². The lowest BCUT2D eigenvalue weighted by Gasteiger charge is -2.39. The molecule has 3 heterocycles. The van der Waals surface area contributed by atoms with Crippen LogP contribution >= 0.6 is 0 Å². The summed E-state index contributed by atoms with van der Waals surface area (Å²) in [6.07, 6.45) is 6.95. The third-order valence-corrected chi connectivity index (χ3v) is 5.54. The van der Waals surface area contributed by atoms with Crippen molar-refractivity contribution >= 4 is 11.8 Å². The van der Waals surface area contributed by atoms with Gasteiger partial charge in [0.05, 0.1) is 17.7 Å². The Balaban J connectivity index is 1.69. The number of amides is 2. The summed E-state index contributed by atoms with van der Waals surface area (Å²) >= 11 is 0. The largest absolute Gasteiger partial charge is 0.394 e. The molecule has 7 heteroatoms. The number of hydrogen-bond acceptors (Lipinski definition) is 5. The number of carbonyl (C=O) groups is 2. The molecule has 1 unspecified atom stereocenters. The molecule has 1 atom stereocenters. The van der Waals surface area contributed by atoms with E-state index in [0.717, 1.165) is 19.3 Å². The Morgan fingerprint density at radius 1 is 1.25 bits per heavy atom. The summed E-state index contributed by atoms with van der Waals surface area (Å²) in [7, 11) is 0. The summed E-state index contributed by atoms with van der Waals surface area (Å²) in [5, 5.41) is 9.78. The number of rotatable bonds is 2. The van der Waals surface area contributed by atoms with Gasteiger partial charge in [-0.25, -0.2) is 9.97 Å². The first-order valence-corrected chi connectivity index (χ1v) is 8.33. The molecular formula is C17H24N4O3. The quantitative estimate of drug-likeness (QED) is 0.861. The van der Waals surface area contributed by atoms with E-state index in [0.29, 0.717) is 25.2 Å². The molecule has 2 aliphatic rings. The van der Waals surface area contributed by atoms with E-state index in [-0.39, 0.29) is 23.8 Å². The topological polar surface area (TPSA) is 86.6 Å². The number of carbonyl (C=O) groups excluding carboxylic acids is 2. The van der Waals surface area contributed by atoms with Crippen LogP contribution in [-0.2, 0) is 4.79 Å². The van der Waals surface area contributed by atoms with Gasteiger partial charge in [0.25, 0.3) is 5.91 Å². The minimum absolute atomic E-state index is 0.00312. The molecular weight excluding hydrogens is 308 g/mol. The highest BCUT2D eigenvalue weighted by molar-refractivity contribution is 5.93. The molecule has 1 aromatic rings. The van der Waals surface area contributed by atoms with Crippen LogP contribution in [0.3, 0.4) is 0 Å². The van der Waals surface area contributed by atoms with E-state index in [1.54, 1.807) is 11.8 Å². The van der Waals surface area contributed by atoms with Gasteiger partial charge >= 0.3 is 0 Å². The maximum Gasteiger partial charge on any atom is 0.256 e. The molecule has 0 bridgehead atoms. The van der Waals surface area contributed by atoms with Gasteiger partial charge in [0, 0.05) is 39.0 Å². The fourth-order valence-corrected chi connectivity index (χ4v) is 4.23. The lowest BCUT2D eigenvalue weighted by Crippen LogP contribution is -2.46. The number of aromatic nitrogens is 2. The first-order valence-electron chi connectivity index (χ1n) is 8.33. The maximum absolute atomic E-state index is 12.5. The van der Waals surface area contributed by atoms with Gasteiger partial charge in [-0.3, -0.25) is 9.59 Å². The molecule has 130 valence electrons. The van der Waals surface area contributed by atoms with Crippen LogP contribution in [0.15, 0.2) is 18.7 Å². The van der Waals surface area contributed by atoms with Crippen molar-refractivity contribution in [3.8, 4) is 0 Å². The maximum atomic E-state index is 12.5. The number of aliphatic hydroxyl groups excluding tert-OH is 1. The Morgan fingerprint density at radius 3 is 2.38 bits per heavy atom. The summed E-state index contributed by atoms with van der Waals surface area (Å²) in [5.74, 6) is -0.0415. The van der Waals surface area contributed by atoms with E-state index < -0.39 is 5.54 Å². The summed E-state index contributed by atoms with van der Waals surface area (Å²) < 4.78 is 0. The number of hydrogen-bond donors (Lipinski definition) is 1. The van der Waals surface area contributed by atoms with Crippen molar-refractivity contribution in [1.82, 2.24) is 19.8 Å². The standard InChI is InChI=1S/C17H24N4O3/c1-13(23)21-10-17(9-16(21,2)11-22)3-5-20(6-4-17)15(24)14-7-18-12-19-8-14/h7-8,12,22H,3-6,9-11H2,1-2H3. The van der Waals surface area contributed by atoms with Gasteiger partial charge in [0.2, 0.25) is 5.91 Å². The van der Waals surface area contributed by atoms with Gasteiger partial charge < -0.3 is 14.9 Å². The number of likely N-dealkylation sites (tertiary alicyclic amines) is 2. The smallest absolute Gasteiger partial charge is 0.256 e. The lowest BCUT2D eigenvalue weighted by molar-refractivity contribution is -0.134. The van der Waals surface area contributed by atoms with E-state index in [4.69, 9.17) is 0 Å². The molecule has 2 fully saturated rings. The van der Waals surface area contributed by atoms with Crippen LogP contribution in [0.2, 0.25) is 0 Å². The first kappa shape index (κ1) is 16.8. The summed E-state index contributed by atoms with van der Waals surface area (Å²) in [6, 6.07) is 0. The summed E-state index contributed by atoms with van der Waals surface area (Å²) in [6.45, 7) is 5.44. The van der Waals surface area contributed by atoms with Crippen molar-refractivity contribution in [2.45, 2.75) is 38.6 Å². The van der Waals surface area contributed by atoms with Gasteiger partial charge in [0.1, 0.15) is 6.33 Å². The van der Waals surface area contributed by atoms with Crippen molar-refractivity contribution < 1.29 is 14.7 Å². The highest BCUT2D eigenvalue weighted by Crippen LogP contribution is 2.48. The van der Waals surface area contributed by atoms with Crippen molar-refractivity contribution in [2.24, 2.45) is 5.41 Å². The Bertz CT molecular complexity index is 628. The molecule has 0 aliphatic carbocycles. The van der Waals surface area contributed by atoms with Gasteiger partial charge in [-0.1, -0.05) is 0 Å². The summed E-state index contributed by atoms with van der Waals surface area (Å²) in [4.78, 5) is 35.9. The fraction of sp³-hybridized carbons (Fsp3) is 0.647. The van der Waals surface area contributed by atoms with E-state index >= 15 is 0 Å². The van der Waals surface area contributed by atoms with E-state index in [1.165, 1.54) is 18.7 Å². The Hall–Kier alpha value is -2.02. The van der Waals surface area contributed by atoms with Crippen LogP contribution in [-0.4, -0.2) is 68.5 Å². The van der Waals surface area contributed by atoms with Crippen LogP contribution in [0.5, 0.6) is 0 Å². The average Bonchev–Trinajstić information content (AvgIpc) is 2.89. The lowest BCUT2D eigenvalue weighted by atomic mass is 9.74. The first-order chi connectivity index (χ1) is 11.4. The van der Waals surface area contributed by atoms with Crippen molar-refractivity contribution in [3.63, 3.8) is 0 Å². The fourth-order valence-electron chi connectivity index (χ4n) is 4.23. The second-order valence-electron chi connectivity index (χ2n) is 7.36. The third-order valence-electron chi connectivity index (χ3n) is 5.54. The van der Waals surface area contributed by atoms with E-state index in [9.17, 15) is 14.7 Å². The van der Waals surface area contributed by atoms with Gasteiger partial charge in [-0.15, -0.1) is 0 Å².